The second kappa shape index (κ2) is 7.68. The fourth-order valence-electron chi connectivity index (χ4n) is 0.387. The van der Waals surface area contributed by atoms with Crippen LogP contribution < -0.4 is 11.5 Å². The maximum atomic E-state index is 6.86. The lowest BCUT2D eigenvalue weighted by atomic mass is 10.1. The molecule has 0 aromatic carbocycles. The zero-order valence-corrected chi connectivity index (χ0v) is 7.00. The van der Waals surface area contributed by atoms with Crippen LogP contribution in [0.2, 0.25) is 0 Å². The standard InChI is InChI=1S/C5H13N3.CH4.HN3/c1-5(2,3)8-4(6)7;;1-3-2/h1-3H3,(H4,6,7,8);1H4;1H. The van der Waals surface area contributed by atoms with E-state index in [1.165, 1.54) is 0 Å². The van der Waals surface area contributed by atoms with E-state index in [-0.39, 0.29) is 18.9 Å². The first-order valence-electron chi connectivity index (χ1n) is 2.95. The number of aliphatic imine (C=N–C) groups is 1. The maximum Gasteiger partial charge on any atom is 0.186 e. The third-order valence-electron chi connectivity index (χ3n) is 0.465. The van der Waals surface area contributed by atoms with Crippen molar-refractivity contribution in [2.45, 2.75) is 33.7 Å². The summed E-state index contributed by atoms with van der Waals surface area (Å²) < 4.78 is 0. The van der Waals surface area contributed by atoms with Crippen LogP contribution in [0.4, 0.5) is 0 Å². The van der Waals surface area contributed by atoms with Gasteiger partial charge in [-0.3, -0.25) is 0 Å². The van der Waals surface area contributed by atoms with E-state index in [1.54, 1.807) is 4.91 Å². The first-order valence-corrected chi connectivity index (χ1v) is 2.95. The van der Waals surface area contributed by atoms with Crippen molar-refractivity contribution in [2.24, 2.45) is 16.5 Å². The molecular formula is C6H18N6. The topological polar surface area (TPSA) is 125 Å². The van der Waals surface area contributed by atoms with Crippen LogP contribution in [0.25, 0.3) is 10.4 Å². The van der Waals surface area contributed by atoms with Gasteiger partial charge in [0.2, 0.25) is 0 Å². The Hall–Kier alpha value is -1.42. The van der Waals surface area contributed by atoms with E-state index in [9.17, 15) is 0 Å². The lowest BCUT2D eigenvalue weighted by Gasteiger charge is -2.10. The fraction of sp³-hybridized carbons (Fsp3) is 0.833. The number of nitrogens with one attached hydrogen (secondary N) is 1. The number of rotatable bonds is 0. The van der Waals surface area contributed by atoms with Crippen LogP contribution in [0.5, 0.6) is 0 Å². The first kappa shape index (κ1) is 16.9. The summed E-state index contributed by atoms with van der Waals surface area (Å²) in [6.07, 6.45) is 0. The summed E-state index contributed by atoms with van der Waals surface area (Å²) in [5.41, 5.74) is 22.3. The Kier molecular flexibility index (Phi) is 10.8. The van der Waals surface area contributed by atoms with Crippen LogP contribution in [-0.4, -0.2) is 11.5 Å². The van der Waals surface area contributed by atoms with E-state index in [2.05, 4.69) is 4.99 Å². The van der Waals surface area contributed by atoms with Crippen molar-refractivity contribution in [3.05, 3.63) is 10.4 Å². The molecule has 6 nitrogen and oxygen atoms in total. The molecule has 0 saturated heterocycles. The van der Waals surface area contributed by atoms with E-state index in [1.807, 2.05) is 20.8 Å². The maximum absolute atomic E-state index is 6.86. The van der Waals surface area contributed by atoms with Crippen molar-refractivity contribution in [2.75, 3.05) is 0 Å². The van der Waals surface area contributed by atoms with Crippen molar-refractivity contribution < 1.29 is 0 Å². The van der Waals surface area contributed by atoms with E-state index in [0.717, 1.165) is 0 Å². The van der Waals surface area contributed by atoms with Gasteiger partial charge in [-0.15, -0.1) is 5.53 Å². The van der Waals surface area contributed by atoms with Crippen LogP contribution in [0.3, 0.4) is 0 Å². The summed E-state index contributed by atoms with van der Waals surface area (Å²) in [5, 5.41) is 0. The highest BCUT2D eigenvalue weighted by molar-refractivity contribution is 5.76. The number of guanidine groups is 1. The number of nitrogens with zero attached hydrogens (tertiary/aromatic N) is 3. The van der Waals surface area contributed by atoms with Crippen LogP contribution >= 0.6 is 0 Å². The van der Waals surface area contributed by atoms with Gasteiger partial charge in [-0.2, -0.15) is 0 Å². The van der Waals surface area contributed by atoms with E-state index in [0.29, 0.717) is 0 Å². The van der Waals surface area contributed by atoms with Crippen LogP contribution in [0.15, 0.2) is 4.99 Å². The van der Waals surface area contributed by atoms with Gasteiger partial charge in [0.25, 0.3) is 0 Å². The predicted octanol–water partition coefficient (Wildman–Crippen LogP) is 1.57. The van der Waals surface area contributed by atoms with Gasteiger partial charge < -0.3 is 11.5 Å². The van der Waals surface area contributed by atoms with Gasteiger partial charge in [-0.05, 0) is 31.2 Å². The monoisotopic (exact) mass is 174 g/mol. The molecule has 0 bridgehead atoms. The Morgan fingerprint density at radius 3 is 1.67 bits per heavy atom. The summed E-state index contributed by atoms with van der Waals surface area (Å²) in [4.78, 5) is 5.63. The SMILES string of the molecule is C.CC(C)(C)N=C(N)N.[N-]=[N+]=N. The Morgan fingerprint density at radius 1 is 1.42 bits per heavy atom. The predicted molar refractivity (Wildman–Crippen MR) is 51.7 cm³/mol. The van der Waals surface area contributed by atoms with Crippen LogP contribution in [0, 0.1) is 5.53 Å². The summed E-state index contributed by atoms with van der Waals surface area (Å²) >= 11 is 0. The zero-order chi connectivity index (χ0) is 9.49. The molecule has 0 aromatic heterocycles. The van der Waals surface area contributed by atoms with Crippen molar-refractivity contribution in [3.63, 3.8) is 0 Å². The van der Waals surface area contributed by atoms with Crippen molar-refractivity contribution >= 4 is 5.96 Å². The van der Waals surface area contributed by atoms with E-state index in [4.69, 9.17) is 22.5 Å². The minimum absolute atomic E-state index is 0. The highest BCUT2D eigenvalue weighted by atomic mass is 15.0. The molecule has 0 rings (SSSR count). The van der Waals surface area contributed by atoms with Gasteiger partial charge >= 0.3 is 0 Å². The lowest BCUT2D eigenvalue weighted by molar-refractivity contribution is 0.582. The Labute approximate surface area is 73.1 Å². The summed E-state index contributed by atoms with van der Waals surface area (Å²) in [5.74, 6) is 0.150. The average Bonchev–Trinajstić information content (AvgIpc) is 1.57. The molecule has 0 spiro atoms. The second-order valence-corrected chi connectivity index (χ2v) is 2.81. The minimum Gasteiger partial charge on any atom is -0.370 e. The number of nitrogens with two attached hydrogens (primary N) is 2. The molecule has 6 heteroatoms. The number of hydrogen-bond donors (Lipinski definition) is 3. The zero-order valence-electron chi connectivity index (χ0n) is 7.00. The third-order valence-corrected chi connectivity index (χ3v) is 0.465. The van der Waals surface area contributed by atoms with Gasteiger partial charge in [-0.25, -0.2) is 4.99 Å². The Morgan fingerprint density at radius 2 is 1.67 bits per heavy atom. The molecule has 0 aromatic rings. The molecule has 0 aliphatic rings. The fourth-order valence-corrected chi connectivity index (χ4v) is 0.387. The number of hydrogen-bond acceptors (Lipinski definition) is 2. The Balaban J connectivity index is -0.000000177. The molecular weight excluding hydrogens is 156 g/mol. The van der Waals surface area contributed by atoms with Crippen molar-refractivity contribution in [3.8, 4) is 0 Å². The van der Waals surface area contributed by atoms with Gasteiger partial charge in [0.15, 0.2) is 5.96 Å². The summed E-state index contributed by atoms with van der Waals surface area (Å²) in [6, 6.07) is 0. The normalized spacial score (nSPS) is 7.92. The molecule has 0 aliphatic carbocycles. The molecule has 0 radical (unpaired) electrons. The molecule has 12 heavy (non-hydrogen) atoms. The molecule has 0 fully saturated rings. The lowest BCUT2D eigenvalue weighted by Crippen LogP contribution is -2.27. The molecule has 0 amide bonds. The average molecular weight is 174 g/mol. The quantitative estimate of drug-likeness (QED) is 0.169. The second-order valence-electron chi connectivity index (χ2n) is 2.81. The van der Waals surface area contributed by atoms with Gasteiger partial charge in [-0.1, -0.05) is 7.43 Å². The van der Waals surface area contributed by atoms with Crippen LogP contribution in [-0.2, 0) is 0 Å². The summed E-state index contributed by atoms with van der Waals surface area (Å²) in [6.45, 7) is 5.81. The highest BCUT2D eigenvalue weighted by Gasteiger charge is 2.05. The van der Waals surface area contributed by atoms with Crippen molar-refractivity contribution in [1.29, 1.82) is 5.53 Å². The van der Waals surface area contributed by atoms with Gasteiger partial charge in [0.05, 0.1) is 5.54 Å². The smallest absolute Gasteiger partial charge is 0.186 e. The van der Waals surface area contributed by atoms with E-state index < -0.39 is 0 Å². The Bertz CT molecular complexity index is 155. The third kappa shape index (κ3) is 38.5. The molecule has 0 aliphatic heterocycles. The minimum atomic E-state index is -0.140. The van der Waals surface area contributed by atoms with Crippen molar-refractivity contribution in [1.82, 2.24) is 0 Å². The molecule has 0 unspecified atom stereocenters. The molecule has 0 saturated carbocycles. The van der Waals surface area contributed by atoms with E-state index >= 15 is 0 Å². The molecule has 72 valence electrons. The van der Waals surface area contributed by atoms with Crippen LogP contribution in [0.1, 0.15) is 28.2 Å². The molecule has 0 atom stereocenters. The molecule has 0 heterocycles. The first-order chi connectivity index (χ1) is 4.83. The highest BCUT2D eigenvalue weighted by Crippen LogP contribution is 2.03. The van der Waals surface area contributed by atoms with Gasteiger partial charge in [0.1, 0.15) is 0 Å². The van der Waals surface area contributed by atoms with Gasteiger partial charge in [0, 0.05) is 0 Å². The largest absolute Gasteiger partial charge is 0.370 e. The molecule has 5 N–H and O–H groups in total. The summed E-state index contributed by atoms with van der Waals surface area (Å²) in [7, 11) is 0.